The lowest BCUT2D eigenvalue weighted by Gasteiger charge is -2.31. The van der Waals surface area contributed by atoms with Crippen molar-refractivity contribution in [2.75, 3.05) is 0 Å². The van der Waals surface area contributed by atoms with Crippen molar-refractivity contribution in [1.29, 1.82) is 0 Å². The normalized spacial score (nSPS) is 18.3. The second-order valence-electron chi connectivity index (χ2n) is 17.7. The second-order valence-corrected chi connectivity index (χ2v) is 17.7. The highest BCUT2D eigenvalue weighted by Crippen LogP contribution is 2.51. The molecule has 5 nitrogen and oxygen atoms in total. The molecule has 304 valence electrons. The van der Waals surface area contributed by atoms with Gasteiger partial charge in [-0.3, -0.25) is 0 Å². The summed E-state index contributed by atoms with van der Waals surface area (Å²) in [6.07, 6.45) is 6.18. The van der Waals surface area contributed by atoms with Gasteiger partial charge in [0, 0.05) is 33.4 Å². The molecule has 3 atom stereocenters. The number of aromatic nitrogens is 5. The van der Waals surface area contributed by atoms with Gasteiger partial charge in [-0.1, -0.05) is 183 Å². The Balaban J connectivity index is 0.987. The van der Waals surface area contributed by atoms with Crippen LogP contribution in [-0.2, 0) is 5.41 Å². The van der Waals surface area contributed by atoms with Gasteiger partial charge in [-0.15, -0.1) is 0 Å². The van der Waals surface area contributed by atoms with Crippen molar-refractivity contribution in [3.05, 3.63) is 200 Å². The van der Waals surface area contributed by atoms with E-state index in [1.165, 1.54) is 43.2 Å². The van der Waals surface area contributed by atoms with Crippen molar-refractivity contribution in [2.24, 2.45) is 11.8 Å². The van der Waals surface area contributed by atoms with Crippen LogP contribution in [0.5, 0.6) is 0 Å². The number of hydrogen-bond donors (Lipinski definition) is 0. The highest BCUT2D eigenvalue weighted by molar-refractivity contribution is 6.04. The largest absolute Gasteiger partial charge is 0.228 e. The van der Waals surface area contributed by atoms with Gasteiger partial charge in [-0.25, -0.2) is 24.9 Å². The average Bonchev–Trinajstić information content (AvgIpc) is 3.60. The Morgan fingerprint density at radius 3 is 1.59 bits per heavy atom. The van der Waals surface area contributed by atoms with Crippen LogP contribution >= 0.6 is 0 Å². The molecular weight excluding hydrogens is 767 g/mol. The molecule has 0 saturated heterocycles. The first-order valence-corrected chi connectivity index (χ1v) is 22.2. The van der Waals surface area contributed by atoms with Crippen LogP contribution in [0.15, 0.2) is 194 Å². The molecule has 0 N–H and O–H groups in total. The van der Waals surface area contributed by atoms with Gasteiger partial charge in [0.05, 0.1) is 11.4 Å². The standard InChI is InChI=1S/C58H47N5/c1-38-33-39-25-26-46(38)37-58(2,36-39)47-29-27-43(28-30-47)56-61-55(42-19-10-5-11-20-42)62-57(63-56)51-32-31-48(49-23-12-13-24-50(49)51)44-21-14-22-45(34-44)53-35-52(40-15-6-3-7-16-40)59-54(60-53)41-17-8-4-9-18-41/h3-24,27-32,34-35,39,46H,1,25-26,33,36-37H2,2H3/t39-,46?,58?/m0/s1. The Morgan fingerprint density at radius 1 is 0.429 bits per heavy atom. The third-order valence-electron chi connectivity index (χ3n) is 13.5. The van der Waals surface area contributed by atoms with Gasteiger partial charge >= 0.3 is 0 Å². The molecular formula is C58H47N5. The summed E-state index contributed by atoms with van der Waals surface area (Å²) in [7, 11) is 0. The molecule has 0 radical (unpaired) electrons. The van der Waals surface area contributed by atoms with Gasteiger partial charge in [-0.05, 0) is 95.0 Å². The molecule has 0 spiro atoms. The molecule has 12 rings (SSSR count). The second kappa shape index (κ2) is 16.2. The zero-order chi connectivity index (χ0) is 42.3. The minimum absolute atomic E-state index is 0.133. The highest BCUT2D eigenvalue weighted by atomic mass is 15.0. The van der Waals surface area contributed by atoms with Gasteiger partial charge in [0.25, 0.3) is 0 Å². The predicted octanol–water partition coefficient (Wildman–Crippen LogP) is 14.5. The summed E-state index contributed by atoms with van der Waals surface area (Å²) in [5.41, 5.74) is 12.9. The number of rotatable bonds is 8. The smallest absolute Gasteiger partial charge is 0.164 e. The van der Waals surface area contributed by atoms with Gasteiger partial charge in [0.15, 0.2) is 23.3 Å². The molecule has 5 heteroatoms. The zero-order valence-corrected chi connectivity index (χ0v) is 35.5. The topological polar surface area (TPSA) is 64.5 Å². The molecule has 3 fully saturated rings. The summed E-state index contributed by atoms with van der Waals surface area (Å²) >= 11 is 0. The quantitative estimate of drug-likeness (QED) is 0.143. The fourth-order valence-electron chi connectivity index (χ4n) is 10.2. The van der Waals surface area contributed by atoms with Crippen molar-refractivity contribution >= 4 is 10.8 Å². The van der Waals surface area contributed by atoms with E-state index in [1.807, 2.05) is 54.6 Å². The molecule has 9 aromatic rings. The molecule has 3 saturated carbocycles. The zero-order valence-electron chi connectivity index (χ0n) is 35.5. The van der Waals surface area contributed by atoms with E-state index < -0.39 is 0 Å². The van der Waals surface area contributed by atoms with Crippen LogP contribution in [0.2, 0.25) is 0 Å². The molecule has 2 aromatic heterocycles. The summed E-state index contributed by atoms with van der Waals surface area (Å²) in [6, 6.07) is 63.5. The third kappa shape index (κ3) is 7.54. The number of nitrogens with zero attached hydrogens (tertiary/aromatic N) is 5. The van der Waals surface area contributed by atoms with Gasteiger partial charge < -0.3 is 0 Å². The molecule has 3 aliphatic rings. The molecule has 7 aromatic carbocycles. The Labute approximate surface area is 369 Å². The van der Waals surface area contributed by atoms with Crippen LogP contribution in [0.25, 0.3) is 90.0 Å². The van der Waals surface area contributed by atoms with E-state index in [4.69, 9.17) is 24.9 Å². The third-order valence-corrected chi connectivity index (χ3v) is 13.5. The fourth-order valence-corrected chi connectivity index (χ4v) is 10.2. The first kappa shape index (κ1) is 38.5. The van der Waals surface area contributed by atoms with E-state index in [9.17, 15) is 0 Å². The molecule has 3 aliphatic carbocycles. The van der Waals surface area contributed by atoms with Crippen LogP contribution < -0.4 is 0 Å². The number of allylic oxidation sites excluding steroid dienone is 1. The molecule has 0 amide bonds. The van der Waals surface area contributed by atoms with Gasteiger partial charge in [-0.2, -0.15) is 0 Å². The van der Waals surface area contributed by atoms with E-state index in [-0.39, 0.29) is 5.41 Å². The van der Waals surface area contributed by atoms with E-state index in [0.29, 0.717) is 29.2 Å². The average molecular weight is 814 g/mol. The van der Waals surface area contributed by atoms with Crippen molar-refractivity contribution in [3.63, 3.8) is 0 Å². The van der Waals surface area contributed by atoms with E-state index >= 15 is 0 Å². The van der Waals surface area contributed by atoms with Crippen LogP contribution in [0, 0.1) is 11.8 Å². The Bertz CT molecular complexity index is 3070. The highest BCUT2D eigenvalue weighted by Gasteiger charge is 2.40. The summed E-state index contributed by atoms with van der Waals surface area (Å²) < 4.78 is 0. The summed E-state index contributed by atoms with van der Waals surface area (Å²) in [4.78, 5) is 25.7. The predicted molar refractivity (Wildman–Crippen MR) is 258 cm³/mol. The molecule has 2 heterocycles. The SMILES string of the molecule is C=C1C[C@@H]2CCC1CC(C)(c1ccc(-c3nc(-c4ccccc4)nc(-c4ccc(-c5cccc(-c6cc(-c7ccccc7)nc(-c7ccccc7)n6)c5)c5ccccc45)n3)cc1)C2. The maximum absolute atomic E-state index is 5.24. The summed E-state index contributed by atoms with van der Waals surface area (Å²) in [6.45, 7) is 6.95. The Morgan fingerprint density at radius 2 is 0.937 bits per heavy atom. The lowest BCUT2D eigenvalue weighted by atomic mass is 9.73. The maximum Gasteiger partial charge on any atom is 0.164 e. The lowest BCUT2D eigenvalue weighted by molar-refractivity contribution is 0.353. The van der Waals surface area contributed by atoms with Gasteiger partial charge in [0.2, 0.25) is 0 Å². The summed E-state index contributed by atoms with van der Waals surface area (Å²) in [5.74, 6) is 4.01. The van der Waals surface area contributed by atoms with Crippen LogP contribution in [0.1, 0.15) is 44.6 Å². The fraction of sp³-hybridized carbons (Fsp3) is 0.155. The molecule has 63 heavy (non-hydrogen) atoms. The lowest BCUT2D eigenvalue weighted by Crippen LogP contribution is -2.23. The minimum atomic E-state index is 0.133. The monoisotopic (exact) mass is 813 g/mol. The van der Waals surface area contributed by atoms with Crippen molar-refractivity contribution in [3.8, 4) is 79.2 Å². The summed E-state index contributed by atoms with van der Waals surface area (Å²) in [5, 5.41) is 2.19. The van der Waals surface area contributed by atoms with Crippen LogP contribution in [-0.4, -0.2) is 24.9 Å². The number of benzene rings is 7. The first-order valence-electron chi connectivity index (χ1n) is 22.2. The van der Waals surface area contributed by atoms with Crippen molar-refractivity contribution in [1.82, 2.24) is 24.9 Å². The molecule has 2 bridgehead atoms. The van der Waals surface area contributed by atoms with Gasteiger partial charge in [0.1, 0.15) is 0 Å². The minimum Gasteiger partial charge on any atom is -0.228 e. The van der Waals surface area contributed by atoms with E-state index in [0.717, 1.165) is 72.6 Å². The van der Waals surface area contributed by atoms with Crippen molar-refractivity contribution < 1.29 is 0 Å². The van der Waals surface area contributed by atoms with E-state index in [1.54, 1.807) is 0 Å². The van der Waals surface area contributed by atoms with E-state index in [2.05, 4.69) is 141 Å². The Kier molecular flexibility index (Phi) is 9.88. The molecule has 2 unspecified atom stereocenters. The maximum atomic E-state index is 5.24. The number of fused-ring (bicyclic) bond motifs is 5. The first-order chi connectivity index (χ1) is 30.9. The van der Waals surface area contributed by atoms with Crippen molar-refractivity contribution in [2.45, 2.75) is 44.4 Å². The number of hydrogen-bond acceptors (Lipinski definition) is 5. The van der Waals surface area contributed by atoms with Crippen LogP contribution in [0.4, 0.5) is 0 Å². The Hall–Kier alpha value is -7.37. The van der Waals surface area contributed by atoms with Crippen LogP contribution in [0.3, 0.4) is 0 Å². The molecule has 0 aliphatic heterocycles.